The van der Waals surface area contributed by atoms with Gasteiger partial charge in [0.25, 0.3) is 0 Å². The molecule has 6 heteroatoms. The third-order valence-electron chi connectivity index (χ3n) is 3.62. The SMILES string of the molecule is NCCCCC(Oc1ccc(C(F)(F)F)cc1Cl)c1ccccc1. The Hall–Kier alpha value is -1.72. The molecule has 0 aromatic heterocycles. The molecule has 2 aromatic rings. The van der Waals surface area contributed by atoms with Gasteiger partial charge in [0.15, 0.2) is 0 Å². The maximum absolute atomic E-state index is 12.7. The molecule has 0 spiro atoms. The van der Waals surface area contributed by atoms with Crippen molar-refractivity contribution < 1.29 is 17.9 Å². The normalized spacial score (nSPS) is 12.9. The van der Waals surface area contributed by atoms with Crippen molar-refractivity contribution in [3.63, 3.8) is 0 Å². The second kappa shape index (κ2) is 8.40. The Bertz CT molecular complexity index is 646. The predicted octanol–water partition coefficient (Wildman–Crippen LogP) is 5.61. The van der Waals surface area contributed by atoms with E-state index in [1.807, 2.05) is 30.3 Å². The average molecular weight is 358 g/mol. The summed E-state index contributed by atoms with van der Waals surface area (Å²) in [6.45, 7) is 0.586. The molecule has 0 radical (unpaired) electrons. The van der Waals surface area contributed by atoms with Crippen molar-refractivity contribution >= 4 is 11.6 Å². The van der Waals surface area contributed by atoms with E-state index < -0.39 is 11.7 Å². The van der Waals surface area contributed by atoms with E-state index in [1.165, 1.54) is 6.07 Å². The lowest BCUT2D eigenvalue weighted by Crippen LogP contribution is -2.10. The number of hydrogen-bond acceptors (Lipinski definition) is 2. The standard InChI is InChI=1S/C18H19ClF3NO/c19-15-12-14(18(20,21)22)9-10-17(15)24-16(8-4-5-11-23)13-6-2-1-3-7-13/h1-3,6-7,9-10,12,16H,4-5,8,11,23H2. The largest absolute Gasteiger partial charge is 0.484 e. The first kappa shape index (κ1) is 18.6. The van der Waals surface area contributed by atoms with Crippen LogP contribution >= 0.6 is 11.6 Å². The number of benzene rings is 2. The number of rotatable bonds is 7. The summed E-state index contributed by atoms with van der Waals surface area (Å²) in [6.07, 6.45) is -2.30. The van der Waals surface area contributed by atoms with Gasteiger partial charge in [-0.2, -0.15) is 13.2 Å². The number of unbranched alkanes of at least 4 members (excludes halogenated alkanes) is 1. The quantitative estimate of drug-likeness (QED) is 0.654. The van der Waals surface area contributed by atoms with Crippen molar-refractivity contribution in [1.29, 1.82) is 0 Å². The van der Waals surface area contributed by atoms with Crippen molar-refractivity contribution in [2.45, 2.75) is 31.5 Å². The van der Waals surface area contributed by atoms with Crippen molar-refractivity contribution in [1.82, 2.24) is 0 Å². The van der Waals surface area contributed by atoms with Gasteiger partial charge in [0.05, 0.1) is 10.6 Å². The molecule has 0 heterocycles. The van der Waals surface area contributed by atoms with E-state index in [0.29, 0.717) is 13.0 Å². The van der Waals surface area contributed by atoms with E-state index in [1.54, 1.807) is 0 Å². The van der Waals surface area contributed by atoms with Crippen LogP contribution in [0.15, 0.2) is 48.5 Å². The minimum atomic E-state index is -4.43. The van der Waals surface area contributed by atoms with Gasteiger partial charge in [0.2, 0.25) is 0 Å². The molecule has 0 saturated carbocycles. The highest BCUT2D eigenvalue weighted by atomic mass is 35.5. The van der Waals surface area contributed by atoms with E-state index in [2.05, 4.69) is 0 Å². The van der Waals surface area contributed by atoms with Crippen LogP contribution in [0.4, 0.5) is 13.2 Å². The molecule has 2 rings (SSSR count). The molecule has 0 aliphatic heterocycles. The lowest BCUT2D eigenvalue weighted by atomic mass is 10.0. The maximum Gasteiger partial charge on any atom is 0.416 e. The van der Waals surface area contributed by atoms with Gasteiger partial charge in [-0.15, -0.1) is 0 Å². The zero-order chi connectivity index (χ0) is 17.6. The Labute approximate surface area is 144 Å². The van der Waals surface area contributed by atoms with Crippen LogP contribution in [0.1, 0.15) is 36.5 Å². The molecule has 0 fully saturated rings. The Kier molecular flexibility index (Phi) is 6.52. The fraction of sp³-hybridized carbons (Fsp3) is 0.333. The minimum absolute atomic E-state index is 0.0513. The van der Waals surface area contributed by atoms with Crippen molar-refractivity contribution in [2.75, 3.05) is 6.54 Å². The van der Waals surface area contributed by atoms with E-state index in [-0.39, 0.29) is 16.9 Å². The van der Waals surface area contributed by atoms with Gasteiger partial charge in [0, 0.05) is 0 Å². The highest BCUT2D eigenvalue weighted by molar-refractivity contribution is 6.32. The average Bonchev–Trinajstić information content (AvgIpc) is 2.55. The smallest absolute Gasteiger partial charge is 0.416 e. The molecule has 24 heavy (non-hydrogen) atoms. The Balaban J connectivity index is 2.20. The summed E-state index contributed by atoms with van der Waals surface area (Å²) in [5, 5.41) is -0.0513. The molecule has 1 unspecified atom stereocenters. The summed E-state index contributed by atoms with van der Waals surface area (Å²) < 4.78 is 44.1. The highest BCUT2D eigenvalue weighted by Gasteiger charge is 2.31. The molecule has 2 nitrogen and oxygen atoms in total. The van der Waals surface area contributed by atoms with Crippen LogP contribution in [-0.2, 0) is 6.18 Å². The molecule has 1 atom stereocenters. The zero-order valence-electron chi connectivity index (χ0n) is 13.0. The molecule has 0 amide bonds. The summed E-state index contributed by atoms with van der Waals surface area (Å²) in [7, 11) is 0. The lowest BCUT2D eigenvalue weighted by Gasteiger charge is -2.21. The summed E-state index contributed by atoms with van der Waals surface area (Å²) in [5.74, 6) is 0.242. The van der Waals surface area contributed by atoms with Gasteiger partial charge in [-0.3, -0.25) is 0 Å². The number of halogens is 4. The monoisotopic (exact) mass is 357 g/mol. The number of ether oxygens (including phenoxy) is 1. The first-order valence-corrected chi connectivity index (χ1v) is 8.08. The number of nitrogens with two attached hydrogens (primary N) is 1. The van der Waals surface area contributed by atoms with Gasteiger partial charge < -0.3 is 10.5 Å². The van der Waals surface area contributed by atoms with Crippen molar-refractivity contribution in [3.8, 4) is 5.75 Å². The first-order valence-electron chi connectivity index (χ1n) is 7.70. The van der Waals surface area contributed by atoms with Gasteiger partial charge in [-0.05, 0) is 49.6 Å². The van der Waals surface area contributed by atoms with Crippen molar-refractivity contribution in [3.05, 3.63) is 64.7 Å². The van der Waals surface area contributed by atoms with Crippen LogP contribution in [0.5, 0.6) is 5.75 Å². The van der Waals surface area contributed by atoms with Crippen LogP contribution in [0.3, 0.4) is 0 Å². The third-order valence-corrected chi connectivity index (χ3v) is 3.92. The summed E-state index contributed by atoms with van der Waals surface area (Å²) >= 11 is 5.98. The van der Waals surface area contributed by atoms with Crippen LogP contribution in [-0.4, -0.2) is 6.54 Å². The lowest BCUT2D eigenvalue weighted by molar-refractivity contribution is -0.137. The van der Waals surface area contributed by atoms with Crippen LogP contribution < -0.4 is 10.5 Å². The molecular weight excluding hydrogens is 339 g/mol. The molecule has 0 saturated heterocycles. The molecule has 130 valence electrons. The summed E-state index contributed by atoms with van der Waals surface area (Å²) in [6, 6.07) is 12.7. The topological polar surface area (TPSA) is 35.2 Å². The van der Waals surface area contributed by atoms with Gasteiger partial charge in [0.1, 0.15) is 11.9 Å². The van der Waals surface area contributed by atoms with Gasteiger partial charge in [-0.25, -0.2) is 0 Å². The minimum Gasteiger partial charge on any atom is -0.484 e. The van der Waals surface area contributed by atoms with Crippen LogP contribution in [0.25, 0.3) is 0 Å². The Morgan fingerprint density at radius 2 is 1.75 bits per heavy atom. The van der Waals surface area contributed by atoms with E-state index >= 15 is 0 Å². The number of alkyl halides is 3. The molecule has 2 aromatic carbocycles. The fourth-order valence-corrected chi connectivity index (χ4v) is 2.59. The van der Waals surface area contributed by atoms with Crippen LogP contribution in [0.2, 0.25) is 5.02 Å². The van der Waals surface area contributed by atoms with E-state index in [0.717, 1.165) is 30.5 Å². The van der Waals surface area contributed by atoms with E-state index in [9.17, 15) is 13.2 Å². The predicted molar refractivity (Wildman–Crippen MR) is 89.2 cm³/mol. The fourth-order valence-electron chi connectivity index (χ4n) is 2.36. The van der Waals surface area contributed by atoms with Crippen LogP contribution in [0, 0.1) is 0 Å². The molecule has 0 aliphatic carbocycles. The summed E-state index contributed by atoms with van der Waals surface area (Å²) in [5.41, 5.74) is 5.68. The van der Waals surface area contributed by atoms with Gasteiger partial charge in [-0.1, -0.05) is 41.9 Å². The first-order chi connectivity index (χ1) is 11.4. The summed E-state index contributed by atoms with van der Waals surface area (Å²) in [4.78, 5) is 0. The Morgan fingerprint density at radius 1 is 1.04 bits per heavy atom. The highest BCUT2D eigenvalue weighted by Crippen LogP contribution is 2.37. The van der Waals surface area contributed by atoms with Gasteiger partial charge >= 0.3 is 6.18 Å². The van der Waals surface area contributed by atoms with Crippen molar-refractivity contribution in [2.24, 2.45) is 5.73 Å². The zero-order valence-corrected chi connectivity index (χ0v) is 13.8. The second-order valence-electron chi connectivity index (χ2n) is 5.44. The Morgan fingerprint density at radius 3 is 2.33 bits per heavy atom. The molecule has 2 N–H and O–H groups in total. The third kappa shape index (κ3) is 5.14. The molecular formula is C18H19ClF3NO. The molecule has 0 bridgehead atoms. The maximum atomic E-state index is 12.7. The van der Waals surface area contributed by atoms with E-state index in [4.69, 9.17) is 22.1 Å². The molecule has 0 aliphatic rings. The number of hydrogen-bond donors (Lipinski definition) is 1. The second-order valence-corrected chi connectivity index (χ2v) is 5.85.